The minimum Gasteiger partial charge on any atom is -0.207 e. The fraction of sp³-hybridized carbons (Fsp3) is 0.467. The van der Waals surface area contributed by atoms with E-state index in [4.69, 9.17) is 0 Å². The van der Waals surface area contributed by atoms with Crippen LogP contribution < -0.4 is 0 Å². The van der Waals surface area contributed by atoms with Gasteiger partial charge in [-0.3, -0.25) is 0 Å². The molecule has 2 unspecified atom stereocenters. The van der Waals surface area contributed by atoms with Crippen LogP contribution in [0, 0.1) is 12.3 Å². The van der Waals surface area contributed by atoms with Crippen LogP contribution in [-0.2, 0) is 10.0 Å². The molecule has 0 N–H and O–H groups in total. The molecule has 1 aromatic carbocycles. The first-order valence-corrected chi connectivity index (χ1v) is 7.82. The van der Waals surface area contributed by atoms with Gasteiger partial charge in [0.05, 0.1) is 10.4 Å². The first kappa shape index (κ1) is 14.3. The van der Waals surface area contributed by atoms with Crippen molar-refractivity contribution in [2.45, 2.75) is 38.1 Å². The van der Waals surface area contributed by atoms with Crippen molar-refractivity contribution in [2.24, 2.45) is 5.41 Å². The van der Waals surface area contributed by atoms with Gasteiger partial charge in [0.15, 0.2) is 0 Å². The molecule has 0 saturated carbocycles. The molecule has 104 valence electrons. The minimum absolute atomic E-state index is 0.160. The lowest BCUT2D eigenvalue weighted by atomic mass is 9.80. The normalized spacial score (nSPS) is 27.1. The quantitative estimate of drug-likeness (QED) is 0.630. The van der Waals surface area contributed by atoms with Crippen molar-refractivity contribution in [3.63, 3.8) is 0 Å². The molecule has 2 rings (SSSR count). The molecular weight excluding hydrogens is 258 g/mol. The summed E-state index contributed by atoms with van der Waals surface area (Å²) in [4.78, 5) is 0.353. The summed E-state index contributed by atoms with van der Waals surface area (Å²) >= 11 is 0. The highest BCUT2D eigenvalue weighted by Crippen LogP contribution is 2.51. The molecule has 1 heterocycles. The van der Waals surface area contributed by atoms with E-state index >= 15 is 0 Å². The monoisotopic (exact) mass is 279 g/mol. The second kappa shape index (κ2) is 4.18. The van der Waals surface area contributed by atoms with Crippen molar-refractivity contribution in [3.05, 3.63) is 42.5 Å². The maximum atomic E-state index is 12.6. The molecule has 1 aliphatic heterocycles. The number of sulfonamides is 1. The molecule has 1 saturated heterocycles. The van der Waals surface area contributed by atoms with Crippen molar-refractivity contribution in [2.75, 3.05) is 6.54 Å². The predicted octanol–water partition coefficient (Wildman–Crippen LogP) is 2.97. The molecule has 0 bridgehead atoms. The zero-order chi connectivity index (χ0) is 14.5. The highest BCUT2D eigenvalue weighted by atomic mass is 32.2. The smallest absolute Gasteiger partial charge is 0.207 e. The van der Waals surface area contributed by atoms with Gasteiger partial charge in [0.25, 0.3) is 0 Å². The molecule has 1 aliphatic rings. The number of hydrogen-bond acceptors (Lipinski definition) is 2. The highest BCUT2D eigenvalue weighted by Gasteiger charge is 2.63. The number of nitrogens with zero attached hydrogens (tertiary/aromatic N) is 1. The van der Waals surface area contributed by atoms with Crippen LogP contribution in [0.5, 0.6) is 0 Å². The SMILES string of the molecule is C=CC1(C(C)(C)C)CN1S(=O)(=O)c1ccc(C)cc1. The largest absolute Gasteiger partial charge is 0.244 e. The van der Waals surface area contributed by atoms with Crippen LogP contribution in [0.2, 0.25) is 0 Å². The van der Waals surface area contributed by atoms with Gasteiger partial charge >= 0.3 is 0 Å². The molecule has 1 fully saturated rings. The Hall–Kier alpha value is -1.13. The Labute approximate surface area is 116 Å². The molecule has 0 radical (unpaired) electrons. The lowest BCUT2D eigenvalue weighted by molar-refractivity contribution is 0.304. The molecule has 3 nitrogen and oxygen atoms in total. The molecule has 19 heavy (non-hydrogen) atoms. The van der Waals surface area contributed by atoms with Crippen molar-refractivity contribution in [1.29, 1.82) is 0 Å². The maximum Gasteiger partial charge on any atom is 0.244 e. The van der Waals surface area contributed by atoms with Gasteiger partial charge in [-0.1, -0.05) is 44.5 Å². The Balaban J connectivity index is 2.39. The summed E-state index contributed by atoms with van der Waals surface area (Å²) in [6, 6.07) is 6.98. The van der Waals surface area contributed by atoms with Crippen molar-refractivity contribution in [3.8, 4) is 0 Å². The Morgan fingerprint density at radius 3 is 2.16 bits per heavy atom. The Morgan fingerprint density at radius 2 is 1.79 bits per heavy atom. The van der Waals surface area contributed by atoms with Crippen molar-refractivity contribution < 1.29 is 8.42 Å². The highest BCUT2D eigenvalue weighted by molar-refractivity contribution is 7.89. The topological polar surface area (TPSA) is 37.1 Å². The summed E-state index contributed by atoms with van der Waals surface area (Å²) < 4.78 is 26.7. The molecule has 0 spiro atoms. The summed E-state index contributed by atoms with van der Waals surface area (Å²) in [7, 11) is -3.42. The van der Waals surface area contributed by atoms with Gasteiger partial charge in [0, 0.05) is 6.54 Å². The summed E-state index contributed by atoms with van der Waals surface area (Å²) in [5, 5.41) is 0. The third-order valence-electron chi connectivity index (χ3n) is 3.97. The van der Waals surface area contributed by atoms with Crippen LogP contribution in [-0.4, -0.2) is 24.8 Å². The molecule has 4 heteroatoms. The minimum atomic E-state index is -3.42. The van der Waals surface area contributed by atoms with E-state index in [2.05, 4.69) is 6.58 Å². The van der Waals surface area contributed by atoms with E-state index < -0.39 is 15.6 Å². The van der Waals surface area contributed by atoms with Gasteiger partial charge in [-0.25, -0.2) is 8.42 Å². The zero-order valence-corrected chi connectivity index (χ0v) is 12.8. The van der Waals surface area contributed by atoms with Gasteiger partial charge in [-0.05, 0) is 24.5 Å². The van der Waals surface area contributed by atoms with E-state index in [9.17, 15) is 8.42 Å². The molecule has 2 atom stereocenters. The first-order chi connectivity index (χ1) is 8.65. The second-order valence-corrected chi connectivity index (χ2v) is 8.07. The third kappa shape index (κ3) is 2.13. The summed E-state index contributed by atoms with van der Waals surface area (Å²) in [6.45, 7) is 12.4. The third-order valence-corrected chi connectivity index (χ3v) is 5.87. The summed E-state index contributed by atoms with van der Waals surface area (Å²) in [6.07, 6.45) is 1.76. The molecule has 0 amide bonds. The number of hydrogen-bond donors (Lipinski definition) is 0. The predicted molar refractivity (Wildman–Crippen MR) is 77.5 cm³/mol. The number of benzene rings is 1. The van der Waals surface area contributed by atoms with E-state index in [1.807, 2.05) is 39.8 Å². The Morgan fingerprint density at radius 1 is 1.26 bits per heavy atom. The molecule has 1 aromatic rings. The van der Waals surface area contributed by atoms with Gasteiger partial charge in [-0.2, -0.15) is 4.31 Å². The van der Waals surface area contributed by atoms with Crippen LogP contribution in [0.1, 0.15) is 26.3 Å². The van der Waals surface area contributed by atoms with Gasteiger partial charge in [0.2, 0.25) is 10.0 Å². The fourth-order valence-corrected chi connectivity index (χ4v) is 4.28. The van der Waals surface area contributed by atoms with Crippen LogP contribution in [0.4, 0.5) is 0 Å². The van der Waals surface area contributed by atoms with E-state index in [1.54, 1.807) is 18.2 Å². The van der Waals surface area contributed by atoms with Crippen molar-refractivity contribution in [1.82, 2.24) is 4.31 Å². The summed E-state index contributed by atoms with van der Waals surface area (Å²) in [5.74, 6) is 0. The van der Waals surface area contributed by atoms with E-state index in [1.165, 1.54) is 4.31 Å². The standard InChI is InChI=1S/C15H21NO2S/c1-6-15(14(3,4)5)11-16(15)19(17,18)13-9-7-12(2)8-10-13/h6-10H,1,11H2,2-5H3. The average molecular weight is 279 g/mol. The maximum absolute atomic E-state index is 12.6. The lowest BCUT2D eigenvalue weighted by Crippen LogP contribution is -2.34. The van der Waals surface area contributed by atoms with Gasteiger partial charge in [0.1, 0.15) is 0 Å². The van der Waals surface area contributed by atoms with Gasteiger partial charge < -0.3 is 0 Å². The Bertz CT molecular complexity index is 596. The molecule has 0 aliphatic carbocycles. The van der Waals surface area contributed by atoms with Gasteiger partial charge in [-0.15, -0.1) is 6.58 Å². The average Bonchev–Trinajstić information content (AvgIpc) is 3.05. The van der Waals surface area contributed by atoms with Crippen LogP contribution >= 0.6 is 0 Å². The Kier molecular flexibility index (Phi) is 3.14. The zero-order valence-electron chi connectivity index (χ0n) is 12.0. The molecule has 0 aromatic heterocycles. The van der Waals surface area contributed by atoms with Crippen LogP contribution in [0.25, 0.3) is 0 Å². The molecular formula is C15H21NO2S. The van der Waals surface area contributed by atoms with E-state index in [0.29, 0.717) is 11.4 Å². The first-order valence-electron chi connectivity index (χ1n) is 6.38. The number of rotatable bonds is 3. The summed E-state index contributed by atoms with van der Waals surface area (Å²) in [5.41, 5.74) is 0.430. The van der Waals surface area contributed by atoms with Crippen molar-refractivity contribution >= 4 is 10.0 Å². The lowest BCUT2D eigenvalue weighted by Gasteiger charge is -2.28. The van der Waals surface area contributed by atoms with Crippen LogP contribution in [0.3, 0.4) is 0 Å². The number of aryl methyl sites for hydroxylation is 1. The second-order valence-electron chi connectivity index (χ2n) is 6.20. The fourth-order valence-electron chi connectivity index (χ4n) is 2.40. The van der Waals surface area contributed by atoms with Crippen LogP contribution in [0.15, 0.2) is 41.8 Å². The van der Waals surface area contributed by atoms with E-state index in [0.717, 1.165) is 5.56 Å². The van der Waals surface area contributed by atoms with E-state index in [-0.39, 0.29) is 5.41 Å².